The molecule has 0 spiro atoms. The molecule has 0 amide bonds. The van der Waals surface area contributed by atoms with E-state index in [4.69, 9.17) is 15.2 Å². The number of para-hydroxylation sites is 2. The standard InChI is InChI=1S/C16H15F2NO2/c17-11-6-5-10(7-12(11)18)8-13(19)16-9-20-14-3-1-2-4-15(14)21-16/h1-7,13,16H,8-9,19H2. The average Bonchev–Trinajstić information content (AvgIpc) is 2.50. The summed E-state index contributed by atoms with van der Waals surface area (Å²) in [7, 11) is 0. The van der Waals surface area contributed by atoms with Crippen LogP contribution < -0.4 is 15.2 Å². The smallest absolute Gasteiger partial charge is 0.161 e. The highest BCUT2D eigenvalue weighted by Crippen LogP contribution is 2.31. The highest BCUT2D eigenvalue weighted by atomic mass is 19.2. The lowest BCUT2D eigenvalue weighted by atomic mass is 10.0. The van der Waals surface area contributed by atoms with Gasteiger partial charge in [-0.1, -0.05) is 18.2 Å². The fourth-order valence-corrected chi connectivity index (χ4v) is 2.32. The summed E-state index contributed by atoms with van der Waals surface area (Å²) in [6.07, 6.45) is 0.0564. The topological polar surface area (TPSA) is 44.5 Å². The van der Waals surface area contributed by atoms with Crippen molar-refractivity contribution in [2.24, 2.45) is 5.73 Å². The molecule has 2 aromatic carbocycles. The van der Waals surface area contributed by atoms with E-state index < -0.39 is 11.6 Å². The van der Waals surface area contributed by atoms with E-state index in [1.807, 2.05) is 24.3 Å². The molecule has 0 saturated heterocycles. The highest BCUT2D eigenvalue weighted by Gasteiger charge is 2.26. The van der Waals surface area contributed by atoms with Crippen LogP contribution in [0.1, 0.15) is 5.56 Å². The molecule has 2 N–H and O–H groups in total. The van der Waals surface area contributed by atoms with Crippen LogP contribution in [-0.2, 0) is 6.42 Å². The van der Waals surface area contributed by atoms with Crippen molar-refractivity contribution in [3.8, 4) is 11.5 Å². The first kappa shape index (κ1) is 13.8. The zero-order chi connectivity index (χ0) is 14.8. The fraction of sp³-hybridized carbons (Fsp3) is 0.250. The van der Waals surface area contributed by atoms with Crippen molar-refractivity contribution < 1.29 is 18.3 Å². The number of ether oxygens (including phenoxy) is 2. The van der Waals surface area contributed by atoms with Gasteiger partial charge >= 0.3 is 0 Å². The predicted molar refractivity (Wildman–Crippen MR) is 74.4 cm³/mol. The van der Waals surface area contributed by atoms with E-state index in [1.165, 1.54) is 6.07 Å². The Balaban J connectivity index is 1.69. The van der Waals surface area contributed by atoms with Crippen LogP contribution >= 0.6 is 0 Å². The largest absolute Gasteiger partial charge is 0.486 e. The molecule has 1 aliphatic heterocycles. The summed E-state index contributed by atoms with van der Waals surface area (Å²) >= 11 is 0. The van der Waals surface area contributed by atoms with Crippen molar-refractivity contribution in [1.29, 1.82) is 0 Å². The summed E-state index contributed by atoms with van der Waals surface area (Å²) in [6.45, 7) is 0.335. The lowest BCUT2D eigenvalue weighted by Crippen LogP contribution is -2.46. The van der Waals surface area contributed by atoms with Crippen LogP contribution in [0.3, 0.4) is 0 Å². The molecule has 2 atom stereocenters. The maximum Gasteiger partial charge on any atom is 0.161 e. The Morgan fingerprint density at radius 2 is 1.86 bits per heavy atom. The molecule has 0 radical (unpaired) electrons. The molecule has 2 aromatic rings. The molecule has 0 aromatic heterocycles. The van der Waals surface area contributed by atoms with Crippen LogP contribution in [0.25, 0.3) is 0 Å². The number of fused-ring (bicyclic) bond motifs is 1. The van der Waals surface area contributed by atoms with Crippen LogP contribution in [0.4, 0.5) is 8.78 Å². The third kappa shape index (κ3) is 2.97. The lowest BCUT2D eigenvalue weighted by molar-refractivity contribution is 0.0722. The van der Waals surface area contributed by atoms with Crippen molar-refractivity contribution >= 4 is 0 Å². The Labute approximate surface area is 121 Å². The van der Waals surface area contributed by atoms with Crippen molar-refractivity contribution in [2.75, 3.05) is 6.61 Å². The number of hydrogen-bond acceptors (Lipinski definition) is 3. The molecule has 3 rings (SSSR count). The van der Waals surface area contributed by atoms with E-state index in [0.717, 1.165) is 12.1 Å². The van der Waals surface area contributed by atoms with Gasteiger partial charge in [-0.2, -0.15) is 0 Å². The van der Waals surface area contributed by atoms with Crippen LogP contribution in [-0.4, -0.2) is 18.8 Å². The minimum Gasteiger partial charge on any atom is -0.486 e. The van der Waals surface area contributed by atoms with Crippen LogP contribution in [0.2, 0.25) is 0 Å². The van der Waals surface area contributed by atoms with Gasteiger partial charge in [-0.15, -0.1) is 0 Å². The third-order valence-electron chi connectivity index (χ3n) is 3.46. The van der Waals surface area contributed by atoms with Gasteiger partial charge in [-0.25, -0.2) is 8.78 Å². The van der Waals surface area contributed by atoms with Gasteiger partial charge in [-0.3, -0.25) is 0 Å². The molecule has 3 nitrogen and oxygen atoms in total. The Morgan fingerprint density at radius 3 is 2.62 bits per heavy atom. The Bertz CT molecular complexity index is 648. The molecular formula is C16H15F2NO2. The first-order valence-electron chi connectivity index (χ1n) is 6.71. The highest BCUT2D eigenvalue weighted by molar-refractivity contribution is 5.40. The molecule has 21 heavy (non-hydrogen) atoms. The normalized spacial score (nSPS) is 18.3. The number of hydrogen-bond donors (Lipinski definition) is 1. The van der Waals surface area contributed by atoms with E-state index in [2.05, 4.69) is 0 Å². The molecule has 110 valence electrons. The van der Waals surface area contributed by atoms with Gasteiger partial charge in [0.05, 0.1) is 0 Å². The van der Waals surface area contributed by atoms with Crippen LogP contribution in [0.5, 0.6) is 11.5 Å². The van der Waals surface area contributed by atoms with Gasteiger partial charge in [0.1, 0.15) is 12.7 Å². The summed E-state index contributed by atoms with van der Waals surface area (Å²) < 4.78 is 37.5. The molecule has 0 aliphatic carbocycles. The Hall–Kier alpha value is -2.14. The number of halogens is 2. The molecule has 5 heteroatoms. The second kappa shape index (κ2) is 5.69. The maximum absolute atomic E-state index is 13.2. The van der Waals surface area contributed by atoms with Gasteiger partial charge in [0.15, 0.2) is 23.1 Å². The summed E-state index contributed by atoms with van der Waals surface area (Å²) in [5.74, 6) is -0.396. The van der Waals surface area contributed by atoms with Crippen molar-refractivity contribution in [2.45, 2.75) is 18.6 Å². The van der Waals surface area contributed by atoms with Crippen LogP contribution in [0, 0.1) is 11.6 Å². The molecule has 0 fully saturated rings. The quantitative estimate of drug-likeness (QED) is 0.945. The average molecular weight is 291 g/mol. The van der Waals surface area contributed by atoms with Crippen molar-refractivity contribution in [3.05, 3.63) is 59.7 Å². The summed E-state index contributed by atoms with van der Waals surface area (Å²) in [5.41, 5.74) is 6.73. The zero-order valence-corrected chi connectivity index (χ0v) is 11.3. The van der Waals surface area contributed by atoms with E-state index in [1.54, 1.807) is 0 Å². The summed E-state index contributed by atoms with van der Waals surface area (Å²) in [5, 5.41) is 0. The zero-order valence-electron chi connectivity index (χ0n) is 11.3. The summed E-state index contributed by atoms with van der Waals surface area (Å²) in [6, 6.07) is 10.8. The monoisotopic (exact) mass is 291 g/mol. The second-order valence-corrected chi connectivity index (χ2v) is 5.03. The first-order valence-corrected chi connectivity index (χ1v) is 6.71. The van der Waals surface area contributed by atoms with Gasteiger partial charge in [-0.05, 0) is 36.2 Å². The van der Waals surface area contributed by atoms with E-state index in [9.17, 15) is 8.78 Å². The number of benzene rings is 2. The summed E-state index contributed by atoms with van der Waals surface area (Å²) in [4.78, 5) is 0. The van der Waals surface area contributed by atoms with Gasteiger partial charge in [0.25, 0.3) is 0 Å². The molecule has 0 bridgehead atoms. The molecule has 1 aliphatic rings. The first-order chi connectivity index (χ1) is 10.1. The van der Waals surface area contributed by atoms with E-state index >= 15 is 0 Å². The maximum atomic E-state index is 13.2. The minimum atomic E-state index is -0.870. The van der Waals surface area contributed by atoms with Gasteiger partial charge in [0.2, 0.25) is 0 Å². The minimum absolute atomic E-state index is 0.326. The lowest BCUT2D eigenvalue weighted by Gasteiger charge is -2.30. The molecule has 2 unspecified atom stereocenters. The predicted octanol–water partition coefficient (Wildman–Crippen LogP) is 2.67. The number of rotatable bonds is 3. The van der Waals surface area contributed by atoms with Gasteiger partial charge < -0.3 is 15.2 Å². The molecule has 1 heterocycles. The molecule has 0 saturated carbocycles. The SMILES string of the molecule is NC(Cc1ccc(F)c(F)c1)C1COc2ccccc2O1. The molecular weight excluding hydrogens is 276 g/mol. The van der Waals surface area contributed by atoms with Gasteiger partial charge in [0, 0.05) is 6.04 Å². The second-order valence-electron chi connectivity index (χ2n) is 5.03. The Morgan fingerprint density at radius 1 is 1.10 bits per heavy atom. The van der Waals surface area contributed by atoms with Crippen molar-refractivity contribution in [3.63, 3.8) is 0 Å². The van der Waals surface area contributed by atoms with Crippen molar-refractivity contribution in [1.82, 2.24) is 0 Å². The van der Waals surface area contributed by atoms with Crippen LogP contribution in [0.15, 0.2) is 42.5 Å². The number of nitrogens with two attached hydrogens (primary N) is 1. The van der Waals surface area contributed by atoms with E-state index in [0.29, 0.717) is 30.1 Å². The van der Waals surface area contributed by atoms with E-state index in [-0.39, 0.29) is 12.1 Å². The third-order valence-corrected chi connectivity index (χ3v) is 3.46. The fourth-order valence-electron chi connectivity index (χ4n) is 2.32. The Kier molecular flexibility index (Phi) is 3.75.